The number of carbonyl (C=O) groups excluding carboxylic acids is 2. The largest absolute Gasteiger partial charge is 0.365 e. The quantitative estimate of drug-likeness (QED) is 0.915. The van der Waals surface area contributed by atoms with Crippen LogP contribution in [0.4, 0.5) is 16.2 Å². The Morgan fingerprint density at radius 2 is 1.87 bits per heavy atom. The number of rotatable bonds is 4. The fraction of sp³-hybridized carbons (Fsp3) is 0.222. The molecule has 4 nitrogen and oxygen atoms in total. The summed E-state index contributed by atoms with van der Waals surface area (Å²) in [6, 6.07) is 15.3. The minimum Gasteiger partial charge on any atom is -0.365 e. The zero-order chi connectivity index (χ0) is 16.4. The van der Waals surface area contributed by atoms with Crippen LogP contribution in [-0.2, 0) is 11.2 Å². The molecule has 2 aromatic carbocycles. The highest BCUT2D eigenvalue weighted by atomic mass is 32.2. The molecule has 1 atom stereocenters. The van der Waals surface area contributed by atoms with Crippen molar-refractivity contribution in [2.45, 2.75) is 25.6 Å². The molecule has 0 aromatic heterocycles. The Morgan fingerprint density at radius 1 is 1.13 bits per heavy atom. The van der Waals surface area contributed by atoms with Crippen LogP contribution >= 0.6 is 11.8 Å². The van der Waals surface area contributed by atoms with Crippen LogP contribution in [0.15, 0.2) is 48.5 Å². The van der Waals surface area contributed by atoms with E-state index in [-0.39, 0.29) is 11.1 Å². The van der Waals surface area contributed by atoms with Crippen LogP contribution in [-0.4, -0.2) is 16.5 Å². The third-order valence-electron chi connectivity index (χ3n) is 3.77. The fourth-order valence-electron chi connectivity index (χ4n) is 2.49. The third kappa shape index (κ3) is 3.24. The fourth-order valence-corrected chi connectivity index (χ4v) is 3.39. The van der Waals surface area contributed by atoms with E-state index in [1.807, 2.05) is 49.4 Å². The van der Waals surface area contributed by atoms with Crippen LogP contribution in [0, 0.1) is 6.92 Å². The number of amides is 2. The number of hydrogen-bond acceptors (Lipinski definition) is 4. The topological polar surface area (TPSA) is 49.4 Å². The van der Waals surface area contributed by atoms with Crippen LogP contribution < -0.4 is 10.2 Å². The SMILES string of the molecule is CCc1ccc(NC2SC(=O)N(c3cccc(C)c3)C2=O)cc1. The first-order chi connectivity index (χ1) is 11.1. The zero-order valence-electron chi connectivity index (χ0n) is 13.1. The van der Waals surface area contributed by atoms with Gasteiger partial charge in [-0.3, -0.25) is 9.59 Å². The number of hydrogen-bond donors (Lipinski definition) is 1. The van der Waals surface area contributed by atoms with Crippen molar-refractivity contribution in [3.63, 3.8) is 0 Å². The Bertz CT molecular complexity index is 743. The average molecular weight is 326 g/mol. The van der Waals surface area contributed by atoms with Gasteiger partial charge in [0.05, 0.1) is 5.69 Å². The van der Waals surface area contributed by atoms with E-state index in [4.69, 9.17) is 0 Å². The van der Waals surface area contributed by atoms with Gasteiger partial charge in [0.1, 0.15) is 0 Å². The summed E-state index contributed by atoms with van der Waals surface area (Å²) in [5, 5.41) is 2.30. The Kier molecular flexibility index (Phi) is 4.39. The molecule has 1 fully saturated rings. The number of imide groups is 1. The van der Waals surface area contributed by atoms with Gasteiger partial charge in [0, 0.05) is 5.69 Å². The second kappa shape index (κ2) is 6.46. The third-order valence-corrected chi connectivity index (χ3v) is 4.71. The summed E-state index contributed by atoms with van der Waals surface area (Å²) in [6.07, 6.45) is 0.969. The second-order valence-corrected chi connectivity index (χ2v) is 6.53. The second-order valence-electron chi connectivity index (χ2n) is 5.47. The van der Waals surface area contributed by atoms with Crippen LogP contribution in [0.5, 0.6) is 0 Å². The first-order valence-corrected chi connectivity index (χ1v) is 8.43. The van der Waals surface area contributed by atoms with Gasteiger partial charge in [-0.25, -0.2) is 4.90 Å². The summed E-state index contributed by atoms with van der Waals surface area (Å²) in [5.74, 6) is -0.231. The first-order valence-electron chi connectivity index (χ1n) is 7.55. The lowest BCUT2D eigenvalue weighted by molar-refractivity contribution is -0.116. The van der Waals surface area contributed by atoms with Gasteiger partial charge in [-0.2, -0.15) is 0 Å². The van der Waals surface area contributed by atoms with E-state index in [2.05, 4.69) is 12.2 Å². The lowest BCUT2D eigenvalue weighted by Crippen LogP contribution is -2.34. The van der Waals surface area contributed by atoms with Gasteiger partial charge < -0.3 is 5.32 Å². The number of nitrogens with zero attached hydrogens (tertiary/aromatic N) is 1. The molecule has 5 heteroatoms. The van der Waals surface area contributed by atoms with Gasteiger partial charge in [0.2, 0.25) is 0 Å². The van der Waals surface area contributed by atoms with E-state index in [9.17, 15) is 9.59 Å². The standard InChI is InChI=1S/C18H18N2O2S/c1-3-13-7-9-14(10-8-13)19-16-17(21)20(18(22)23-16)15-6-4-5-12(2)11-15/h4-11,16,19H,3H2,1-2H3. The molecule has 1 aliphatic heterocycles. The van der Waals surface area contributed by atoms with Gasteiger partial charge in [-0.15, -0.1) is 0 Å². The van der Waals surface area contributed by atoms with Gasteiger partial charge in [-0.05, 0) is 60.5 Å². The highest BCUT2D eigenvalue weighted by molar-refractivity contribution is 8.16. The molecule has 0 bridgehead atoms. The predicted molar refractivity (Wildman–Crippen MR) is 94.9 cm³/mol. The molecule has 2 aromatic rings. The summed E-state index contributed by atoms with van der Waals surface area (Å²) in [6.45, 7) is 4.03. The number of nitrogens with one attached hydrogen (secondary N) is 1. The van der Waals surface area contributed by atoms with Crippen molar-refractivity contribution >= 4 is 34.3 Å². The first kappa shape index (κ1) is 15.6. The van der Waals surface area contributed by atoms with E-state index < -0.39 is 5.37 Å². The van der Waals surface area contributed by atoms with Crippen molar-refractivity contribution in [3.05, 3.63) is 59.7 Å². The van der Waals surface area contributed by atoms with Crippen molar-refractivity contribution in [1.29, 1.82) is 0 Å². The molecule has 3 rings (SSSR count). The minimum absolute atomic E-state index is 0.231. The van der Waals surface area contributed by atoms with Gasteiger partial charge >= 0.3 is 0 Å². The average Bonchev–Trinajstić information content (AvgIpc) is 2.82. The van der Waals surface area contributed by atoms with E-state index in [0.717, 1.165) is 29.4 Å². The van der Waals surface area contributed by atoms with Gasteiger partial charge in [0.15, 0.2) is 5.37 Å². The number of benzene rings is 2. The van der Waals surface area contributed by atoms with Crippen LogP contribution in [0.3, 0.4) is 0 Å². The Balaban J connectivity index is 1.78. The summed E-state index contributed by atoms with van der Waals surface area (Å²) < 4.78 is 0. The van der Waals surface area contributed by atoms with E-state index in [1.165, 1.54) is 10.5 Å². The van der Waals surface area contributed by atoms with E-state index in [1.54, 1.807) is 6.07 Å². The van der Waals surface area contributed by atoms with Gasteiger partial charge in [0.25, 0.3) is 11.1 Å². The summed E-state index contributed by atoms with van der Waals surface area (Å²) in [5.41, 5.74) is 3.71. The molecule has 1 saturated heterocycles. The normalized spacial score (nSPS) is 17.7. The van der Waals surface area contributed by atoms with Crippen molar-refractivity contribution < 1.29 is 9.59 Å². The van der Waals surface area contributed by atoms with Crippen molar-refractivity contribution in [2.75, 3.05) is 10.2 Å². The maximum atomic E-state index is 12.6. The van der Waals surface area contributed by atoms with E-state index in [0.29, 0.717) is 5.69 Å². The van der Waals surface area contributed by atoms with Crippen molar-refractivity contribution in [2.24, 2.45) is 0 Å². The molecule has 0 aliphatic carbocycles. The molecule has 1 heterocycles. The summed E-state index contributed by atoms with van der Waals surface area (Å²) >= 11 is 1.01. The van der Waals surface area contributed by atoms with Gasteiger partial charge in [-0.1, -0.05) is 31.2 Å². The highest BCUT2D eigenvalue weighted by Crippen LogP contribution is 2.32. The molecule has 0 radical (unpaired) electrons. The molecule has 1 aliphatic rings. The zero-order valence-corrected chi connectivity index (χ0v) is 13.9. The number of thioether (sulfide) groups is 1. The highest BCUT2D eigenvalue weighted by Gasteiger charge is 2.40. The van der Waals surface area contributed by atoms with Crippen LogP contribution in [0.25, 0.3) is 0 Å². The lowest BCUT2D eigenvalue weighted by Gasteiger charge is -2.15. The lowest BCUT2D eigenvalue weighted by atomic mass is 10.1. The van der Waals surface area contributed by atoms with Crippen LogP contribution in [0.1, 0.15) is 18.1 Å². The number of aryl methyl sites for hydroxylation is 2. The van der Waals surface area contributed by atoms with Crippen molar-refractivity contribution in [3.8, 4) is 0 Å². The van der Waals surface area contributed by atoms with E-state index >= 15 is 0 Å². The smallest absolute Gasteiger partial charge is 0.295 e. The summed E-state index contributed by atoms with van der Waals surface area (Å²) in [4.78, 5) is 26.0. The molecule has 23 heavy (non-hydrogen) atoms. The molecular formula is C18H18N2O2S. The molecule has 1 N–H and O–H groups in total. The maximum Gasteiger partial charge on any atom is 0.295 e. The van der Waals surface area contributed by atoms with Crippen molar-refractivity contribution in [1.82, 2.24) is 0 Å². The molecule has 1 unspecified atom stereocenters. The van der Waals surface area contributed by atoms with Crippen LogP contribution in [0.2, 0.25) is 0 Å². The molecule has 0 spiro atoms. The predicted octanol–water partition coefficient (Wildman–Crippen LogP) is 4.20. The molecule has 118 valence electrons. The maximum absolute atomic E-state index is 12.6. The Morgan fingerprint density at radius 3 is 2.52 bits per heavy atom. The number of anilines is 2. The summed E-state index contributed by atoms with van der Waals surface area (Å²) in [7, 11) is 0. The number of carbonyl (C=O) groups is 2. The minimum atomic E-state index is -0.588. The molecular weight excluding hydrogens is 308 g/mol. The monoisotopic (exact) mass is 326 g/mol. The molecule has 2 amide bonds. The Hall–Kier alpha value is -2.27. The molecule has 0 saturated carbocycles. The Labute approximate surface area is 139 Å².